The highest BCUT2D eigenvalue weighted by Crippen LogP contribution is 2.90. The maximum Gasteiger partial charge on any atom is 0.331 e. The van der Waals surface area contributed by atoms with Crippen molar-refractivity contribution in [1.82, 2.24) is 0 Å². The van der Waals surface area contributed by atoms with Gasteiger partial charge in [-0.3, -0.25) is 4.79 Å². The molecule has 4 aromatic carbocycles. The Kier molecular flexibility index (Phi) is 13.6. The minimum absolute atomic E-state index is 0.0368. The van der Waals surface area contributed by atoms with Crippen LogP contribution in [-0.4, -0.2) is 57.8 Å². The third-order valence-electron chi connectivity index (χ3n) is 31.0. The van der Waals surface area contributed by atoms with Crippen LogP contribution in [0.3, 0.4) is 0 Å². The van der Waals surface area contributed by atoms with Crippen LogP contribution >= 0.6 is 0 Å². The first-order valence-corrected chi connectivity index (χ1v) is 36.5. The molecule has 4 aromatic rings. The lowest BCUT2D eigenvalue weighted by Gasteiger charge is -2.72. The Balaban J connectivity index is 0.853. The van der Waals surface area contributed by atoms with Crippen LogP contribution in [0.25, 0.3) is 10.8 Å². The van der Waals surface area contributed by atoms with Gasteiger partial charge in [-0.25, -0.2) is 4.79 Å². The van der Waals surface area contributed by atoms with Crippen molar-refractivity contribution in [3.8, 4) is 0 Å². The average Bonchev–Trinajstić information content (AvgIpc) is 1.51. The van der Waals surface area contributed by atoms with Gasteiger partial charge in [0.1, 0.15) is 12.7 Å². The van der Waals surface area contributed by atoms with Crippen LogP contribution in [0, 0.1) is 79.8 Å². The quantitative estimate of drug-likeness (QED) is 0.0851. The van der Waals surface area contributed by atoms with Gasteiger partial charge in [0.05, 0.1) is 23.2 Å². The Morgan fingerprint density at radius 3 is 2.37 bits per heavy atom. The van der Waals surface area contributed by atoms with Crippen molar-refractivity contribution in [3.05, 3.63) is 142 Å². The van der Waals surface area contributed by atoms with Crippen molar-refractivity contribution < 1.29 is 34.4 Å². The number of carbonyl (C=O) groups is 2. The van der Waals surface area contributed by atoms with E-state index in [2.05, 4.69) is 118 Å². The van der Waals surface area contributed by atoms with E-state index in [1.54, 1.807) is 40.6 Å². The molecule has 17 rings (SSSR count). The molecule has 9 fully saturated rings. The minimum atomic E-state index is -1.57. The maximum atomic E-state index is 14.6. The predicted octanol–water partition coefficient (Wildman–Crippen LogP) is 17.3. The van der Waals surface area contributed by atoms with Crippen LogP contribution in [0.5, 0.6) is 0 Å². The van der Waals surface area contributed by atoms with E-state index in [1.165, 1.54) is 107 Å². The smallest absolute Gasteiger partial charge is 0.331 e. The molecule has 472 valence electrons. The number of allylic oxidation sites excluding steroid dienone is 2. The van der Waals surface area contributed by atoms with Gasteiger partial charge in [-0.15, -0.1) is 0 Å². The zero-order valence-electron chi connectivity index (χ0n) is 54.2. The number of rotatable bonds is 14. The van der Waals surface area contributed by atoms with E-state index in [4.69, 9.17) is 9.47 Å². The van der Waals surface area contributed by atoms with Crippen molar-refractivity contribution in [2.24, 2.45) is 79.8 Å². The molecule has 1 heterocycles. The second kappa shape index (κ2) is 20.7. The summed E-state index contributed by atoms with van der Waals surface area (Å²) in [7, 11) is 0. The van der Waals surface area contributed by atoms with Crippen molar-refractivity contribution in [3.63, 3.8) is 0 Å². The molecule has 89 heavy (non-hydrogen) atoms. The SMILES string of the molecule is CC(=O)OC1CC(C)C(O)(CCC2=CC(=O)OC2)C2(C(O)CCC(C)CCCc3ccccc3)C(O)CCC(C)(C3CC4c5cccc6ccc7c(c56)C5C(CC6(c8ccccc8)CCCCC76)C67CCC8(C6)C(CCC86CCCC6)CC6=CC3CC45C67)C12. The molecular formula is C82H102O7. The van der Waals surface area contributed by atoms with Gasteiger partial charge in [0.15, 0.2) is 0 Å². The van der Waals surface area contributed by atoms with E-state index < -0.39 is 46.6 Å². The van der Waals surface area contributed by atoms with Crippen molar-refractivity contribution in [2.45, 2.75) is 248 Å². The van der Waals surface area contributed by atoms with Gasteiger partial charge in [-0.05, 0) is 272 Å². The second-order valence-corrected chi connectivity index (χ2v) is 33.8. The molecule has 0 amide bonds. The fourth-order valence-electron chi connectivity index (χ4n) is 28.3. The molecule has 0 aromatic heterocycles. The molecule has 7 heteroatoms. The van der Waals surface area contributed by atoms with Crippen molar-refractivity contribution >= 4 is 22.7 Å². The molecule has 21 atom stereocenters. The Labute approximate surface area is 531 Å². The molecule has 0 saturated heterocycles. The second-order valence-electron chi connectivity index (χ2n) is 33.8. The molecule has 0 radical (unpaired) electrons. The first kappa shape index (κ1) is 58.3. The first-order valence-electron chi connectivity index (χ1n) is 36.5. The summed E-state index contributed by atoms with van der Waals surface area (Å²) >= 11 is 0. The normalized spacial score (nSPS) is 43.7. The summed E-state index contributed by atoms with van der Waals surface area (Å²) in [6, 6.07) is 35.6. The summed E-state index contributed by atoms with van der Waals surface area (Å²) in [6.07, 6.45) is 30.9. The zero-order valence-corrected chi connectivity index (χ0v) is 54.2. The number of carbonyl (C=O) groups excluding carboxylic acids is 2. The van der Waals surface area contributed by atoms with Crippen LogP contribution in [0.4, 0.5) is 0 Å². The van der Waals surface area contributed by atoms with Gasteiger partial charge < -0.3 is 24.8 Å². The predicted molar refractivity (Wildman–Crippen MR) is 350 cm³/mol. The van der Waals surface area contributed by atoms with Crippen LogP contribution in [0.2, 0.25) is 0 Å². The minimum Gasteiger partial charge on any atom is -0.462 e. The monoisotopic (exact) mass is 1200 g/mol. The number of hydrogen-bond acceptors (Lipinski definition) is 7. The Bertz CT molecular complexity index is 3530. The first-order chi connectivity index (χ1) is 43.1. The number of benzene rings is 4. The summed E-state index contributed by atoms with van der Waals surface area (Å²) in [5, 5.41) is 45.2. The number of cyclic esters (lactones) is 1. The molecule has 4 bridgehead atoms. The maximum absolute atomic E-state index is 14.6. The number of aliphatic hydroxyl groups excluding tert-OH is 2. The Morgan fingerprint density at radius 2 is 1.58 bits per heavy atom. The van der Waals surface area contributed by atoms with E-state index in [0.29, 0.717) is 72.0 Å². The molecule has 13 aliphatic rings. The topological polar surface area (TPSA) is 113 Å². The highest BCUT2D eigenvalue weighted by atomic mass is 16.5. The Morgan fingerprint density at radius 1 is 0.787 bits per heavy atom. The summed E-state index contributed by atoms with van der Waals surface area (Å²) < 4.78 is 12.4. The third-order valence-corrected chi connectivity index (χ3v) is 31.0. The summed E-state index contributed by atoms with van der Waals surface area (Å²) in [5.74, 6) is 2.10. The summed E-state index contributed by atoms with van der Waals surface area (Å²) in [5.41, 5.74) is 8.34. The fraction of sp³-hybridized carbons (Fsp3) is 0.659. The van der Waals surface area contributed by atoms with E-state index in [1.807, 2.05) is 5.57 Å². The molecule has 21 unspecified atom stereocenters. The van der Waals surface area contributed by atoms with Gasteiger partial charge in [0.2, 0.25) is 0 Å². The van der Waals surface area contributed by atoms with Crippen molar-refractivity contribution in [1.29, 1.82) is 0 Å². The fourth-order valence-corrected chi connectivity index (χ4v) is 28.3. The number of fused-ring (bicyclic) bond motifs is 5. The van der Waals surface area contributed by atoms with Crippen LogP contribution in [0.1, 0.15) is 240 Å². The van der Waals surface area contributed by atoms with E-state index in [0.717, 1.165) is 56.4 Å². The molecule has 12 aliphatic carbocycles. The average molecular weight is 1200 g/mol. The lowest BCUT2D eigenvalue weighted by molar-refractivity contribution is -0.329. The zero-order chi connectivity index (χ0) is 60.7. The number of aliphatic hydroxyl groups is 3. The molecule has 3 N–H and O–H groups in total. The van der Waals surface area contributed by atoms with E-state index in [9.17, 15) is 24.9 Å². The summed E-state index contributed by atoms with van der Waals surface area (Å²) in [4.78, 5) is 26.7. The van der Waals surface area contributed by atoms with E-state index in [-0.39, 0.29) is 53.0 Å². The molecule has 7 nitrogen and oxygen atoms in total. The third kappa shape index (κ3) is 7.80. The number of esters is 2. The lowest BCUT2D eigenvalue weighted by Crippen LogP contribution is -2.77. The van der Waals surface area contributed by atoms with Gasteiger partial charge in [0.25, 0.3) is 0 Å². The van der Waals surface area contributed by atoms with Crippen LogP contribution in [-0.2, 0) is 30.9 Å². The highest BCUT2D eigenvalue weighted by molar-refractivity contribution is 5.93. The number of ether oxygens (including phenoxy) is 2. The molecular weight excluding hydrogens is 1100 g/mol. The van der Waals surface area contributed by atoms with Crippen molar-refractivity contribution in [2.75, 3.05) is 6.61 Å². The lowest BCUT2D eigenvalue weighted by atomic mass is 9.34. The van der Waals surface area contributed by atoms with Gasteiger partial charge >= 0.3 is 11.9 Å². The van der Waals surface area contributed by atoms with Gasteiger partial charge in [-0.1, -0.05) is 156 Å². The van der Waals surface area contributed by atoms with E-state index >= 15 is 0 Å². The standard InChI is InChI=1S/C82H102O7/c1-50(17-15-20-53-18-7-5-8-19-53)26-29-67(84)82-68(85)32-36-75(4,74(82)66(89-52(3)83)41-51(2)81(82,87)38-30-54-42-69(86)88-48-54)63-45-64-60-24-16-21-55-27-28-61-62-25-11-12-35-77(62,58-22-9-6-10-23-58)47-65-72(71(61)70(55)60)80(64)46-57(63)43-56-44-59-31-37-76(33-13-14-34-76)79(59)40-39-78(65,49-79)73(56)80/h5-10,16,18-19,21-24,27-28,42-43,50-51,57,59,62-68,72-74,84-85,87H,11-15,17,20,25-26,29-41,44-49H2,1-4H3. The van der Waals surface area contributed by atoms with Crippen LogP contribution < -0.4 is 0 Å². The molecule has 4 spiro atoms. The number of hydrogen-bond donors (Lipinski definition) is 3. The van der Waals surface area contributed by atoms with Crippen LogP contribution in [0.15, 0.2) is 114 Å². The molecule has 1 aliphatic heterocycles. The largest absolute Gasteiger partial charge is 0.462 e. The van der Waals surface area contributed by atoms with Gasteiger partial charge in [0, 0.05) is 24.3 Å². The Hall–Kier alpha value is -4.56. The number of aryl methyl sites for hydroxylation is 1. The highest BCUT2D eigenvalue weighted by Gasteiger charge is 2.82. The summed E-state index contributed by atoms with van der Waals surface area (Å²) in [6.45, 7) is 8.67. The molecule has 9 saturated carbocycles. The van der Waals surface area contributed by atoms with Gasteiger partial charge in [-0.2, -0.15) is 0 Å².